The smallest absolute Gasteiger partial charge is 0.255 e. The summed E-state index contributed by atoms with van der Waals surface area (Å²) >= 11 is 0. The van der Waals surface area contributed by atoms with E-state index in [0.717, 1.165) is 43.6 Å². The van der Waals surface area contributed by atoms with Crippen LogP contribution < -0.4 is 10.6 Å². The van der Waals surface area contributed by atoms with E-state index in [4.69, 9.17) is 5.11 Å². The Kier molecular flexibility index (Phi) is 5.94. The quantitative estimate of drug-likeness (QED) is 0.581. The van der Waals surface area contributed by atoms with Gasteiger partial charge in [0.2, 0.25) is 11.8 Å². The number of imide groups is 1. The molecular formula is C21H28N4O4. The summed E-state index contributed by atoms with van der Waals surface area (Å²) in [5, 5.41) is 14.8. The van der Waals surface area contributed by atoms with Crippen LogP contribution in [-0.4, -0.2) is 71.0 Å². The lowest BCUT2D eigenvalue weighted by atomic mass is 10.0. The van der Waals surface area contributed by atoms with E-state index in [9.17, 15) is 14.4 Å². The summed E-state index contributed by atoms with van der Waals surface area (Å²) in [5.41, 5.74) is 2.78. The number of fused-ring (bicyclic) bond motifs is 1. The van der Waals surface area contributed by atoms with Crippen LogP contribution in [0.2, 0.25) is 0 Å². The fraction of sp³-hybridized carbons (Fsp3) is 0.571. The molecule has 0 aliphatic carbocycles. The van der Waals surface area contributed by atoms with Crippen LogP contribution in [-0.2, 0) is 22.7 Å². The fourth-order valence-electron chi connectivity index (χ4n) is 4.67. The Morgan fingerprint density at radius 3 is 2.86 bits per heavy atom. The van der Waals surface area contributed by atoms with Crippen LogP contribution in [0.15, 0.2) is 18.2 Å². The molecule has 2 fully saturated rings. The predicted octanol–water partition coefficient (Wildman–Crippen LogP) is -0.00610. The largest absolute Gasteiger partial charge is 0.395 e. The lowest BCUT2D eigenvalue weighted by Gasteiger charge is -2.33. The van der Waals surface area contributed by atoms with Gasteiger partial charge in [-0.1, -0.05) is 12.1 Å². The van der Waals surface area contributed by atoms with Crippen LogP contribution in [0.25, 0.3) is 0 Å². The van der Waals surface area contributed by atoms with E-state index in [2.05, 4.69) is 21.6 Å². The average Bonchev–Trinajstić information content (AvgIpc) is 3.04. The molecule has 3 N–H and O–H groups in total. The van der Waals surface area contributed by atoms with Gasteiger partial charge in [-0.05, 0) is 43.0 Å². The number of nitrogens with zero attached hydrogens (tertiary/aromatic N) is 2. The number of amides is 3. The number of aliphatic hydroxyl groups is 1. The van der Waals surface area contributed by atoms with E-state index in [1.807, 2.05) is 12.1 Å². The second-order valence-electron chi connectivity index (χ2n) is 8.10. The van der Waals surface area contributed by atoms with Crippen LogP contribution in [0.3, 0.4) is 0 Å². The first-order valence-corrected chi connectivity index (χ1v) is 10.4. The number of carbonyl (C=O) groups is 3. The van der Waals surface area contributed by atoms with Crippen molar-refractivity contribution in [2.24, 2.45) is 0 Å². The van der Waals surface area contributed by atoms with E-state index < -0.39 is 6.04 Å². The fourth-order valence-corrected chi connectivity index (χ4v) is 4.67. The van der Waals surface area contributed by atoms with Gasteiger partial charge in [0.05, 0.1) is 6.61 Å². The second kappa shape index (κ2) is 8.61. The van der Waals surface area contributed by atoms with Gasteiger partial charge in [0, 0.05) is 44.2 Å². The summed E-state index contributed by atoms with van der Waals surface area (Å²) in [6, 6.07) is 5.59. The van der Waals surface area contributed by atoms with E-state index in [1.54, 1.807) is 4.90 Å². The molecule has 1 aromatic rings. The van der Waals surface area contributed by atoms with Crippen LogP contribution in [0.5, 0.6) is 0 Å². The molecule has 3 heterocycles. The zero-order chi connectivity index (χ0) is 20.4. The third kappa shape index (κ3) is 4.19. The molecule has 3 amide bonds. The number of rotatable bonds is 6. The first-order valence-electron chi connectivity index (χ1n) is 10.4. The van der Waals surface area contributed by atoms with Gasteiger partial charge in [-0.3, -0.25) is 24.6 Å². The molecule has 4 rings (SSSR count). The molecule has 29 heavy (non-hydrogen) atoms. The number of benzene rings is 1. The molecule has 2 saturated heterocycles. The summed E-state index contributed by atoms with van der Waals surface area (Å²) in [6.45, 7) is 3.84. The highest BCUT2D eigenvalue weighted by Gasteiger charge is 2.39. The molecule has 3 aliphatic heterocycles. The molecule has 0 radical (unpaired) electrons. The van der Waals surface area contributed by atoms with Gasteiger partial charge < -0.3 is 15.3 Å². The second-order valence-corrected chi connectivity index (χ2v) is 8.10. The van der Waals surface area contributed by atoms with Crippen molar-refractivity contribution in [2.45, 2.75) is 50.9 Å². The van der Waals surface area contributed by atoms with Gasteiger partial charge in [0.15, 0.2) is 0 Å². The Balaban J connectivity index is 1.47. The Morgan fingerprint density at radius 1 is 1.21 bits per heavy atom. The Hall–Kier alpha value is -2.29. The van der Waals surface area contributed by atoms with Crippen LogP contribution in [0.4, 0.5) is 0 Å². The van der Waals surface area contributed by atoms with Crippen molar-refractivity contribution in [3.8, 4) is 0 Å². The summed E-state index contributed by atoms with van der Waals surface area (Å²) < 4.78 is 0. The molecule has 1 aromatic carbocycles. The highest BCUT2D eigenvalue weighted by molar-refractivity contribution is 6.05. The maximum Gasteiger partial charge on any atom is 0.255 e. The molecule has 2 atom stereocenters. The van der Waals surface area contributed by atoms with Gasteiger partial charge >= 0.3 is 0 Å². The average molecular weight is 400 g/mol. The van der Waals surface area contributed by atoms with Crippen molar-refractivity contribution in [1.82, 2.24) is 20.4 Å². The van der Waals surface area contributed by atoms with Crippen molar-refractivity contribution < 1.29 is 19.5 Å². The Morgan fingerprint density at radius 2 is 2.07 bits per heavy atom. The number of piperidine rings is 2. The maximum absolute atomic E-state index is 13.0. The Bertz CT molecular complexity index is 812. The predicted molar refractivity (Wildman–Crippen MR) is 106 cm³/mol. The number of hydrogen-bond acceptors (Lipinski definition) is 6. The SMILES string of the molecule is O=C1CCC(N2Cc3c(CN4CCCC(NCCO)C4)cccc3C2=O)C(=O)N1. The zero-order valence-electron chi connectivity index (χ0n) is 16.5. The van der Waals surface area contributed by atoms with E-state index in [1.165, 1.54) is 0 Å². The highest BCUT2D eigenvalue weighted by Crippen LogP contribution is 2.30. The molecule has 8 heteroatoms. The van der Waals surface area contributed by atoms with Gasteiger partial charge in [0.25, 0.3) is 5.91 Å². The minimum atomic E-state index is -0.581. The minimum Gasteiger partial charge on any atom is -0.395 e. The topological polar surface area (TPSA) is 102 Å². The van der Waals surface area contributed by atoms with Crippen molar-refractivity contribution in [1.29, 1.82) is 0 Å². The number of likely N-dealkylation sites (tertiary alicyclic amines) is 1. The lowest BCUT2D eigenvalue weighted by Crippen LogP contribution is -2.52. The normalized spacial score (nSPS) is 25.3. The summed E-state index contributed by atoms with van der Waals surface area (Å²) in [5.74, 6) is -0.777. The summed E-state index contributed by atoms with van der Waals surface area (Å²) in [7, 11) is 0. The van der Waals surface area contributed by atoms with E-state index in [-0.39, 0.29) is 30.7 Å². The van der Waals surface area contributed by atoms with Crippen molar-refractivity contribution in [2.75, 3.05) is 26.2 Å². The molecule has 0 saturated carbocycles. The molecule has 0 spiro atoms. The van der Waals surface area contributed by atoms with E-state index >= 15 is 0 Å². The van der Waals surface area contributed by atoms with Gasteiger partial charge in [-0.25, -0.2) is 0 Å². The third-order valence-corrected chi connectivity index (χ3v) is 6.12. The maximum atomic E-state index is 13.0. The van der Waals surface area contributed by atoms with Crippen LogP contribution >= 0.6 is 0 Å². The monoisotopic (exact) mass is 400 g/mol. The molecule has 0 aromatic heterocycles. The first-order chi connectivity index (χ1) is 14.1. The van der Waals surface area contributed by atoms with Crippen LogP contribution in [0, 0.1) is 0 Å². The summed E-state index contributed by atoms with van der Waals surface area (Å²) in [6.07, 6.45) is 2.84. The Labute approximate surface area is 170 Å². The zero-order valence-corrected chi connectivity index (χ0v) is 16.5. The molecule has 0 bridgehead atoms. The molecule has 8 nitrogen and oxygen atoms in total. The van der Waals surface area contributed by atoms with Crippen molar-refractivity contribution >= 4 is 17.7 Å². The standard InChI is InChI=1S/C21H28N4O4/c26-10-8-22-15-4-2-9-24(12-15)11-14-3-1-5-16-17(14)13-25(21(16)29)18-6-7-19(27)23-20(18)28/h1,3,5,15,18,22,26H,2,4,6-13H2,(H,23,27,28). The third-order valence-electron chi connectivity index (χ3n) is 6.12. The number of aliphatic hydroxyl groups excluding tert-OH is 1. The number of nitrogens with one attached hydrogen (secondary N) is 2. The molecular weight excluding hydrogens is 372 g/mol. The lowest BCUT2D eigenvalue weighted by molar-refractivity contribution is -0.136. The summed E-state index contributed by atoms with van der Waals surface area (Å²) in [4.78, 5) is 40.6. The van der Waals surface area contributed by atoms with E-state index in [0.29, 0.717) is 31.1 Å². The molecule has 3 aliphatic rings. The van der Waals surface area contributed by atoms with Crippen LogP contribution in [0.1, 0.15) is 47.2 Å². The van der Waals surface area contributed by atoms with Crippen molar-refractivity contribution in [3.05, 3.63) is 34.9 Å². The van der Waals surface area contributed by atoms with Gasteiger partial charge in [0.1, 0.15) is 6.04 Å². The van der Waals surface area contributed by atoms with Gasteiger partial charge in [-0.15, -0.1) is 0 Å². The highest BCUT2D eigenvalue weighted by atomic mass is 16.3. The first kappa shape index (κ1) is 20.0. The molecule has 156 valence electrons. The molecule has 2 unspecified atom stereocenters. The number of hydrogen-bond donors (Lipinski definition) is 3. The number of carbonyl (C=O) groups excluding carboxylic acids is 3. The minimum absolute atomic E-state index is 0.127. The van der Waals surface area contributed by atoms with Crippen molar-refractivity contribution in [3.63, 3.8) is 0 Å². The van der Waals surface area contributed by atoms with Gasteiger partial charge in [-0.2, -0.15) is 0 Å².